The summed E-state index contributed by atoms with van der Waals surface area (Å²) in [6, 6.07) is 4.54. The summed E-state index contributed by atoms with van der Waals surface area (Å²) in [6.07, 6.45) is 3.66. The molecule has 0 bridgehead atoms. The zero-order valence-corrected chi connectivity index (χ0v) is 11.8. The first kappa shape index (κ1) is 14.4. The molecule has 0 atom stereocenters. The molecule has 1 aromatic carbocycles. The molecule has 1 fully saturated rings. The Morgan fingerprint density at radius 1 is 1.40 bits per heavy atom. The standard InChI is InChI=1S/C15H20N2O3/c1-10-8-12(14(18)19)6-7-13(10)16-15(20)17(2)9-11-4-3-5-11/h6-8,11H,3-5,9H2,1-2H3,(H,16,20)(H,18,19). The second kappa shape index (κ2) is 5.94. The number of carbonyl (C=O) groups is 2. The summed E-state index contributed by atoms with van der Waals surface area (Å²) >= 11 is 0. The number of rotatable bonds is 4. The number of urea groups is 1. The molecule has 2 rings (SSSR count). The summed E-state index contributed by atoms with van der Waals surface area (Å²) in [5, 5.41) is 11.7. The number of anilines is 1. The first-order valence-electron chi connectivity index (χ1n) is 6.83. The van der Waals surface area contributed by atoms with E-state index in [9.17, 15) is 9.59 Å². The van der Waals surface area contributed by atoms with Gasteiger partial charge in [0.05, 0.1) is 5.56 Å². The van der Waals surface area contributed by atoms with Gasteiger partial charge in [-0.2, -0.15) is 0 Å². The van der Waals surface area contributed by atoms with Crippen molar-refractivity contribution < 1.29 is 14.7 Å². The number of hydrogen-bond donors (Lipinski definition) is 2. The van der Waals surface area contributed by atoms with E-state index in [1.165, 1.54) is 25.3 Å². The molecule has 5 heteroatoms. The van der Waals surface area contributed by atoms with Crippen LogP contribution in [0.4, 0.5) is 10.5 Å². The molecule has 1 aromatic rings. The van der Waals surface area contributed by atoms with Gasteiger partial charge in [0.2, 0.25) is 0 Å². The zero-order valence-electron chi connectivity index (χ0n) is 11.8. The van der Waals surface area contributed by atoms with Gasteiger partial charge in [0.15, 0.2) is 0 Å². The van der Waals surface area contributed by atoms with E-state index in [0.717, 1.165) is 12.1 Å². The first-order valence-corrected chi connectivity index (χ1v) is 6.83. The monoisotopic (exact) mass is 276 g/mol. The van der Waals surface area contributed by atoms with Crippen molar-refractivity contribution in [2.45, 2.75) is 26.2 Å². The average Bonchev–Trinajstić information content (AvgIpc) is 2.35. The Morgan fingerprint density at radius 3 is 2.60 bits per heavy atom. The van der Waals surface area contributed by atoms with Crippen LogP contribution >= 0.6 is 0 Å². The lowest BCUT2D eigenvalue weighted by atomic mass is 9.85. The molecule has 108 valence electrons. The smallest absolute Gasteiger partial charge is 0.335 e. The van der Waals surface area contributed by atoms with Crippen molar-refractivity contribution in [3.63, 3.8) is 0 Å². The summed E-state index contributed by atoms with van der Waals surface area (Å²) in [6.45, 7) is 2.56. The number of carboxylic acids is 1. The molecule has 0 radical (unpaired) electrons. The van der Waals surface area contributed by atoms with E-state index in [2.05, 4.69) is 5.32 Å². The third-order valence-corrected chi connectivity index (χ3v) is 3.82. The van der Waals surface area contributed by atoms with Crippen LogP contribution in [0.25, 0.3) is 0 Å². The van der Waals surface area contributed by atoms with Gasteiger partial charge >= 0.3 is 12.0 Å². The fourth-order valence-corrected chi connectivity index (χ4v) is 2.29. The van der Waals surface area contributed by atoms with Crippen molar-refractivity contribution in [3.05, 3.63) is 29.3 Å². The number of carbonyl (C=O) groups excluding carboxylic acids is 1. The molecule has 0 aliphatic heterocycles. The highest BCUT2D eigenvalue weighted by molar-refractivity contribution is 5.92. The molecule has 0 aromatic heterocycles. The third kappa shape index (κ3) is 3.29. The highest BCUT2D eigenvalue weighted by Gasteiger charge is 2.21. The van der Waals surface area contributed by atoms with Crippen molar-refractivity contribution in [1.82, 2.24) is 4.90 Å². The maximum atomic E-state index is 12.1. The van der Waals surface area contributed by atoms with E-state index < -0.39 is 5.97 Å². The van der Waals surface area contributed by atoms with Crippen LogP contribution in [0.15, 0.2) is 18.2 Å². The van der Waals surface area contributed by atoms with E-state index in [1.54, 1.807) is 31.0 Å². The Labute approximate surface area is 118 Å². The minimum atomic E-state index is -0.965. The second-order valence-corrected chi connectivity index (χ2v) is 5.44. The van der Waals surface area contributed by atoms with Gasteiger partial charge in [0.1, 0.15) is 0 Å². The molecular formula is C15H20N2O3. The van der Waals surface area contributed by atoms with Crippen LogP contribution in [0.5, 0.6) is 0 Å². The molecule has 5 nitrogen and oxygen atoms in total. The summed E-state index contributed by atoms with van der Waals surface area (Å²) in [5.74, 6) is -0.339. The van der Waals surface area contributed by atoms with E-state index in [-0.39, 0.29) is 11.6 Å². The SMILES string of the molecule is Cc1cc(C(=O)O)ccc1NC(=O)N(C)CC1CCC1. The first-order chi connectivity index (χ1) is 9.47. The number of hydrogen-bond acceptors (Lipinski definition) is 2. The minimum Gasteiger partial charge on any atom is -0.478 e. The summed E-state index contributed by atoms with van der Waals surface area (Å²) < 4.78 is 0. The fourth-order valence-electron chi connectivity index (χ4n) is 2.29. The molecule has 0 unspecified atom stereocenters. The van der Waals surface area contributed by atoms with Crippen LogP contribution in [-0.2, 0) is 0 Å². The van der Waals surface area contributed by atoms with Crippen LogP contribution < -0.4 is 5.32 Å². The lowest BCUT2D eigenvalue weighted by molar-refractivity contribution is 0.0697. The largest absolute Gasteiger partial charge is 0.478 e. The fraction of sp³-hybridized carbons (Fsp3) is 0.467. The van der Waals surface area contributed by atoms with Crippen LogP contribution in [0.3, 0.4) is 0 Å². The van der Waals surface area contributed by atoms with E-state index in [1.807, 2.05) is 0 Å². The van der Waals surface area contributed by atoms with E-state index in [4.69, 9.17) is 5.11 Å². The number of aromatic carboxylic acids is 1. The number of amides is 2. The average molecular weight is 276 g/mol. The highest BCUT2D eigenvalue weighted by Crippen LogP contribution is 2.27. The molecule has 1 aliphatic carbocycles. The summed E-state index contributed by atoms with van der Waals surface area (Å²) in [7, 11) is 1.79. The van der Waals surface area contributed by atoms with Gasteiger partial charge in [-0.3, -0.25) is 0 Å². The van der Waals surface area contributed by atoms with Crippen molar-refractivity contribution >= 4 is 17.7 Å². The maximum Gasteiger partial charge on any atom is 0.335 e. The summed E-state index contributed by atoms with van der Waals surface area (Å²) in [4.78, 5) is 24.6. The van der Waals surface area contributed by atoms with Crippen molar-refractivity contribution in [1.29, 1.82) is 0 Å². The molecule has 0 spiro atoms. The Morgan fingerprint density at radius 2 is 2.10 bits per heavy atom. The van der Waals surface area contributed by atoms with Gasteiger partial charge in [0.25, 0.3) is 0 Å². The molecule has 1 saturated carbocycles. The topological polar surface area (TPSA) is 69.6 Å². The Balaban J connectivity index is 1.97. The molecular weight excluding hydrogens is 256 g/mol. The molecule has 20 heavy (non-hydrogen) atoms. The number of nitrogens with zero attached hydrogens (tertiary/aromatic N) is 1. The van der Waals surface area contributed by atoms with Gasteiger partial charge < -0.3 is 15.3 Å². The summed E-state index contributed by atoms with van der Waals surface area (Å²) in [5.41, 5.74) is 1.62. The number of carboxylic acid groups (broad SMARTS) is 1. The van der Waals surface area contributed by atoms with Crippen LogP contribution in [0.2, 0.25) is 0 Å². The number of nitrogens with one attached hydrogen (secondary N) is 1. The van der Waals surface area contributed by atoms with Crippen molar-refractivity contribution in [2.24, 2.45) is 5.92 Å². The maximum absolute atomic E-state index is 12.1. The number of benzene rings is 1. The van der Waals surface area contributed by atoms with Gasteiger partial charge in [0, 0.05) is 19.3 Å². The van der Waals surface area contributed by atoms with Crippen LogP contribution in [-0.4, -0.2) is 35.6 Å². The van der Waals surface area contributed by atoms with Crippen molar-refractivity contribution in [3.8, 4) is 0 Å². The van der Waals surface area contributed by atoms with Crippen LogP contribution in [0.1, 0.15) is 35.2 Å². The minimum absolute atomic E-state index is 0.150. The third-order valence-electron chi connectivity index (χ3n) is 3.82. The van der Waals surface area contributed by atoms with Gasteiger partial charge in [-0.15, -0.1) is 0 Å². The van der Waals surface area contributed by atoms with Gasteiger partial charge in [-0.1, -0.05) is 6.42 Å². The molecule has 0 saturated heterocycles. The molecule has 0 heterocycles. The Hall–Kier alpha value is -2.04. The molecule has 1 aliphatic rings. The lowest BCUT2D eigenvalue weighted by Crippen LogP contribution is -2.37. The highest BCUT2D eigenvalue weighted by atomic mass is 16.4. The second-order valence-electron chi connectivity index (χ2n) is 5.44. The van der Waals surface area contributed by atoms with Gasteiger partial charge in [-0.25, -0.2) is 9.59 Å². The normalized spacial score (nSPS) is 14.5. The van der Waals surface area contributed by atoms with Crippen molar-refractivity contribution in [2.75, 3.05) is 18.9 Å². The Kier molecular flexibility index (Phi) is 4.27. The van der Waals surface area contributed by atoms with Crippen LogP contribution in [0, 0.1) is 12.8 Å². The Bertz CT molecular complexity index is 524. The quantitative estimate of drug-likeness (QED) is 0.888. The van der Waals surface area contributed by atoms with E-state index in [0.29, 0.717) is 11.6 Å². The number of aryl methyl sites for hydroxylation is 1. The lowest BCUT2D eigenvalue weighted by Gasteiger charge is -2.30. The predicted octanol–water partition coefficient (Wildman–Crippen LogP) is 2.96. The zero-order chi connectivity index (χ0) is 14.7. The van der Waals surface area contributed by atoms with Gasteiger partial charge in [-0.05, 0) is 49.4 Å². The molecule has 2 amide bonds. The predicted molar refractivity (Wildman–Crippen MR) is 77.1 cm³/mol. The molecule has 2 N–H and O–H groups in total. The van der Waals surface area contributed by atoms with E-state index >= 15 is 0 Å².